The Morgan fingerprint density at radius 1 is 1.10 bits per heavy atom. The van der Waals surface area contributed by atoms with Crippen LogP contribution < -0.4 is 5.73 Å². The van der Waals surface area contributed by atoms with Gasteiger partial charge < -0.3 is 5.73 Å². The summed E-state index contributed by atoms with van der Waals surface area (Å²) in [6.45, 7) is 3.04. The number of hydrogen-bond donors (Lipinski definition) is 1. The van der Waals surface area contributed by atoms with E-state index in [4.69, 9.17) is 5.73 Å². The Kier molecular flexibility index (Phi) is 5.18. The monoisotopic (exact) mass is 423 g/mol. The summed E-state index contributed by atoms with van der Waals surface area (Å²) >= 11 is 0. The molecule has 2 N–H and O–H groups in total. The highest BCUT2D eigenvalue weighted by atomic mass is 32.2. The highest BCUT2D eigenvalue weighted by molar-refractivity contribution is 7.90. The second kappa shape index (κ2) is 7.32. The van der Waals surface area contributed by atoms with Gasteiger partial charge in [0.2, 0.25) is 0 Å². The van der Waals surface area contributed by atoms with E-state index < -0.39 is 21.9 Å². The van der Waals surface area contributed by atoms with Gasteiger partial charge in [0.05, 0.1) is 4.90 Å². The summed E-state index contributed by atoms with van der Waals surface area (Å²) in [5.41, 5.74) is 5.37. The highest BCUT2D eigenvalue weighted by Gasteiger charge is 2.35. The number of pyridine rings is 1. The average molecular weight is 423 g/mol. The average Bonchev–Trinajstić information content (AvgIpc) is 3.06. The van der Waals surface area contributed by atoms with Gasteiger partial charge in [0.1, 0.15) is 11.5 Å². The molecular weight excluding hydrogens is 407 g/mol. The Balaban J connectivity index is 2.13. The molecule has 0 aliphatic rings. The van der Waals surface area contributed by atoms with Crippen molar-refractivity contribution in [3.8, 4) is 17.2 Å². The lowest BCUT2D eigenvalue weighted by molar-refractivity contribution is -0.140. The zero-order valence-electron chi connectivity index (χ0n) is 15.3. The molecule has 2 heterocycles. The minimum absolute atomic E-state index is 0.0209. The number of rotatable bonds is 4. The van der Waals surface area contributed by atoms with E-state index in [9.17, 15) is 21.6 Å². The number of sulfonamides is 1. The third-order valence-corrected chi connectivity index (χ3v) is 5.19. The quantitative estimate of drug-likeness (QED) is 0.512. The first-order valence-electron chi connectivity index (χ1n) is 8.25. The number of imidazole rings is 1. The third-order valence-electron chi connectivity index (χ3n) is 3.79. The van der Waals surface area contributed by atoms with Crippen molar-refractivity contribution in [2.75, 3.05) is 0 Å². The van der Waals surface area contributed by atoms with Crippen molar-refractivity contribution in [3.63, 3.8) is 0 Å². The molecule has 0 saturated carbocycles. The van der Waals surface area contributed by atoms with Gasteiger partial charge in [-0.2, -0.15) is 21.6 Å². The van der Waals surface area contributed by atoms with Crippen LogP contribution >= 0.6 is 0 Å². The highest BCUT2D eigenvalue weighted by Crippen LogP contribution is 2.32. The maximum absolute atomic E-state index is 13.2. The van der Waals surface area contributed by atoms with Crippen LogP contribution in [0, 0.1) is 6.92 Å². The van der Waals surface area contributed by atoms with Crippen LogP contribution in [0.2, 0.25) is 0 Å². The fraction of sp³-hybridized carbons (Fsp3) is 0.167. The van der Waals surface area contributed by atoms with E-state index in [-0.39, 0.29) is 27.9 Å². The molecule has 0 radical (unpaired) electrons. The minimum Gasteiger partial charge on any atom is -0.387 e. The van der Waals surface area contributed by atoms with Gasteiger partial charge >= 0.3 is 6.18 Å². The Labute approximate surface area is 164 Å². The van der Waals surface area contributed by atoms with Crippen LogP contribution in [-0.2, 0) is 16.2 Å². The van der Waals surface area contributed by atoms with Crippen LogP contribution in [0.4, 0.5) is 13.2 Å². The minimum atomic E-state index is -4.65. The SMILES string of the molecule is CC(N)=NS(=O)(=O)c1ccc(-n2cc(C(F)(F)F)nc2-c2cccc(C)n2)cc1. The second-order valence-electron chi connectivity index (χ2n) is 6.18. The number of benzene rings is 1. The van der Waals surface area contributed by atoms with E-state index in [1.165, 1.54) is 35.8 Å². The summed E-state index contributed by atoms with van der Waals surface area (Å²) in [6, 6.07) is 10.1. The molecule has 0 bridgehead atoms. The fourth-order valence-corrected chi connectivity index (χ4v) is 3.55. The Morgan fingerprint density at radius 2 is 1.76 bits per heavy atom. The molecule has 0 amide bonds. The molecule has 11 heteroatoms. The lowest BCUT2D eigenvalue weighted by Crippen LogP contribution is -2.10. The van der Waals surface area contributed by atoms with E-state index >= 15 is 0 Å². The van der Waals surface area contributed by atoms with Crippen molar-refractivity contribution in [1.29, 1.82) is 0 Å². The maximum atomic E-state index is 13.2. The molecule has 0 unspecified atom stereocenters. The van der Waals surface area contributed by atoms with E-state index in [1.54, 1.807) is 25.1 Å². The van der Waals surface area contributed by atoms with Gasteiger partial charge in [-0.15, -0.1) is 4.40 Å². The molecule has 0 fully saturated rings. The van der Waals surface area contributed by atoms with Gasteiger partial charge in [0.25, 0.3) is 10.0 Å². The lowest BCUT2D eigenvalue weighted by Gasteiger charge is -2.08. The summed E-state index contributed by atoms with van der Waals surface area (Å²) < 4.78 is 68.5. The van der Waals surface area contributed by atoms with Gasteiger partial charge in [-0.3, -0.25) is 4.57 Å². The number of hydrogen-bond acceptors (Lipinski definition) is 4. The van der Waals surface area contributed by atoms with Crippen molar-refractivity contribution < 1.29 is 21.6 Å². The molecule has 0 aliphatic carbocycles. The number of alkyl halides is 3. The molecule has 3 rings (SSSR count). The largest absolute Gasteiger partial charge is 0.434 e. The number of nitrogens with two attached hydrogens (primary N) is 1. The van der Waals surface area contributed by atoms with Gasteiger partial charge in [-0.25, -0.2) is 9.97 Å². The zero-order chi connectivity index (χ0) is 21.4. The maximum Gasteiger partial charge on any atom is 0.434 e. The smallest absolute Gasteiger partial charge is 0.387 e. The first-order chi connectivity index (χ1) is 13.5. The fourth-order valence-electron chi connectivity index (χ4n) is 2.58. The van der Waals surface area contributed by atoms with Gasteiger partial charge in [0, 0.05) is 17.6 Å². The standard InChI is InChI=1S/C18H16F3N5O2S/c1-11-4-3-5-15(23-11)17-24-16(18(19,20)21)10-26(17)13-6-8-14(9-7-13)29(27,28)25-12(2)22/h3-10H,1-2H3,(H2,22,25). The normalized spacial score (nSPS) is 12.9. The van der Waals surface area contributed by atoms with E-state index in [0.717, 1.165) is 6.20 Å². The summed E-state index contributed by atoms with van der Waals surface area (Å²) in [7, 11) is -4.00. The summed E-state index contributed by atoms with van der Waals surface area (Å²) in [6.07, 6.45) is -3.81. The first kappa shape index (κ1) is 20.5. The molecule has 2 aromatic heterocycles. The van der Waals surface area contributed by atoms with Crippen molar-refractivity contribution in [2.24, 2.45) is 10.1 Å². The van der Waals surface area contributed by atoms with Crippen molar-refractivity contribution in [1.82, 2.24) is 14.5 Å². The number of halogens is 3. The Morgan fingerprint density at radius 3 is 2.31 bits per heavy atom. The van der Waals surface area contributed by atoms with Crippen molar-refractivity contribution >= 4 is 15.9 Å². The van der Waals surface area contributed by atoms with Crippen molar-refractivity contribution in [2.45, 2.75) is 24.9 Å². The molecule has 29 heavy (non-hydrogen) atoms. The molecule has 7 nitrogen and oxygen atoms in total. The summed E-state index contributed by atoms with van der Waals surface area (Å²) in [5.74, 6) is -0.154. The topological polar surface area (TPSA) is 103 Å². The van der Waals surface area contributed by atoms with E-state index in [2.05, 4.69) is 14.4 Å². The molecule has 0 saturated heterocycles. The van der Waals surface area contributed by atoms with Gasteiger partial charge in [0.15, 0.2) is 11.5 Å². The zero-order valence-corrected chi connectivity index (χ0v) is 16.2. The molecule has 0 aliphatic heterocycles. The summed E-state index contributed by atoms with van der Waals surface area (Å²) in [4.78, 5) is 7.79. The predicted molar refractivity (Wildman–Crippen MR) is 101 cm³/mol. The Hall–Kier alpha value is -3.21. The van der Waals surface area contributed by atoms with Gasteiger partial charge in [-0.05, 0) is 50.2 Å². The van der Waals surface area contributed by atoms with Crippen LogP contribution in [0.25, 0.3) is 17.2 Å². The molecule has 3 aromatic rings. The molecular formula is C18H16F3N5O2S. The van der Waals surface area contributed by atoms with Crippen LogP contribution in [-0.4, -0.2) is 28.8 Å². The third kappa shape index (κ3) is 4.45. The molecule has 1 aromatic carbocycles. The van der Waals surface area contributed by atoms with E-state index in [1.807, 2.05) is 0 Å². The predicted octanol–water partition coefficient (Wildman–Crippen LogP) is 3.33. The number of amidine groups is 1. The van der Waals surface area contributed by atoms with Crippen molar-refractivity contribution in [3.05, 3.63) is 60.0 Å². The molecule has 152 valence electrons. The molecule has 0 spiro atoms. The van der Waals surface area contributed by atoms with Gasteiger partial charge in [-0.1, -0.05) is 6.07 Å². The second-order valence-corrected chi connectivity index (χ2v) is 7.79. The number of aromatic nitrogens is 3. The first-order valence-corrected chi connectivity index (χ1v) is 9.69. The Bertz CT molecular complexity index is 1180. The number of nitrogens with zero attached hydrogens (tertiary/aromatic N) is 4. The van der Waals surface area contributed by atoms with Crippen LogP contribution in [0.5, 0.6) is 0 Å². The molecule has 0 atom stereocenters. The van der Waals surface area contributed by atoms with Crippen LogP contribution in [0.3, 0.4) is 0 Å². The number of aryl methyl sites for hydroxylation is 1. The van der Waals surface area contributed by atoms with Crippen LogP contribution in [0.15, 0.2) is 58.0 Å². The van der Waals surface area contributed by atoms with Crippen LogP contribution in [0.1, 0.15) is 18.3 Å². The van der Waals surface area contributed by atoms with E-state index in [0.29, 0.717) is 5.69 Å². The summed E-state index contributed by atoms with van der Waals surface area (Å²) in [5, 5.41) is 0. The lowest BCUT2D eigenvalue weighted by atomic mass is 10.2.